The van der Waals surface area contributed by atoms with E-state index >= 15 is 0 Å². The zero-order valence-electron chi connectivity index (χ0n) is 15.9. The first-order valence-electron chi connectivity index (χ1n) is 9.86. The molecule has 2 heterocycles. The predicted octanol–water partition coefficient (Wildman–Crippen LogP) is 4.96. The van der Waals surface area contributed by atoms with Crippen molar-refractivity contribution in [3.8, 4) is 11.3 Å². The summed E-state index contributed by atoms with van der Waals surface area (Å²) >= 11 is 12.3. The van der Waals surface area contributed by atoms with E-state index in [2.05, 4.69) is 50.6 Å². The summed E-state index contributed by atoms with van der Waals surface area (Å²) in [6, 6.07) is 16.0. The molecule has 0 radical (unpaired) electrons. The van der Waals surface area contributed by atoms with Gasteiger partial charge in [0.15, 0.2) is 0 Å². The number of aromatic nitrogens is 3. The van der Waals surface area contributed by atoms with Gasteiger partial charge in [0.05, 0.1) is 17.7 Å². The van der Waals surface area contributed by atoms with Gasteiger partial charge >= 0.3 is 0 Å². The lowest BCUT2D eigenvalue weighted by atomic mass is 10.1. The normalized spacial score (nSPS) is 23.7. The van der Waals surface area contributed by atoms with Crippen molar-refractivity contribution in [2.24, 2.45) is 5.41 Å². The highest BCUT2D eigenvalue weighted by molar-refractivity contribution is 6.36. The van der Waals surface area contributed by atoms with Gasteiger partial charge in [-0.05, 0) is 43.1 Å². The smallest absolute Gasteiger partial charge is 0.119 e. The average molecular weight is 429 g/mol. The molecule has 2 aromatic carbocycles. The number of likely N-dealkylation sites (tertiary alicyclic amines) is 1. The van der Waals surface area contributed by atoms with E-state index in [9.17, 15) is 0 Å². The summed E-state index contributed by atoms with van der Waals surface area (Å²) in [5.41, 5.74) is 3.98. The zero-order chi connectivity index (χ0) is 19.8. The molecule has 1 aromatic heterocycles. The van der Waals surface area contributed by atoms with Gasteiger partial charge in [-0.1, -0.05) is 53.5 Å². The summed E-state index contributed by atoms with van der Waals surface area (Å²) in [5, 5.41) is 12.4. The number of nitrogens with one attached hydrogen (secondary N) is 1. The SMILES string of the molecule is Clc1ccc(-c2n[nH]nc2COC2CC23CCN(Cc2ccccc2)C3)c(Cl)c1. The van der Waals surface area contributed by atoms with Crippen LogP contribution in [0.1, 0.15) is 24.1 Å². The van der Waals surface area contributed by atoms with E-state index in [0.29, 0.717) is 22.1 Å². The second-order valence-electron chi connectivity index (χ2n) is 8.06. The van der Waals surface area contributed by atoms with Gasteiger partial charge in [-0.3, -0.25) is 4.90 Å². The van der Waals surface area contributed by atoms with Crippen LogP contribution in [0.5, 0.6) is 0 Å². The Morgan fingerprint density at radius 2 is 2.00 bits per heavy atom. The fourth-order valence-corrected chi connectivity index (χ4v) is 4.86. The summed E-state index contributed by atoms with van der Waals surface area (Å²) in [6.07, 6.45) is 2.60. The number of benzene rings is 2. The topological polar surface area (TPSA) is 54.0 Å². The van der Waals surface area contributed by atoms with Crippen LogP contribution in [0.3, 0.4) is 0 Å². The second kappa shape index (κ2) is 7.73. The largest absolute Gasteiger partial charge is 0.371 e. The molecule has 2 aliphatic rings. The third-order valence-electron chi connectivity index (χ3n) is 6.06. The third-order valence-corrected chi connectivity index (χ3v) is 6.60. The number of aromatic amines is 1. The van der Waals surface area contributed by atoms with E-state index in [0.717, 1.165) is 43.0 Å². The van der Waals surface area contributed by atoms with Gasteiger partial charge < -0.3 is 4.74 Å². The highest BCUT2D eigenvalue weighted by Gasteiger charge is 2.58. The molecule has 150 valence electrons. The van der Waals surface area contributed by atoms with E-state index in [1.807, 2.05) is 6.07 Å². The van der Waals surface area contributed by atoms with Gasteiger partial charge in [-0.25, -0.2) is 0 Å². The Morgan fingerprint density at radius 1 is 1.14 bits per heavy atom. The van der Waals surface area contributed by atoms with Gasteiger partial charge in [0.1, 0.15) is 11.4 Å². The monoisotopic (exact) mass is 428 g/mol. The molecule has 1 aliphatic carbocycles. The molecule has 1 saturated heterocycles. The van der Waals surface area contributed by atoms with Crippen LogP contribution in [0, 0.1) is 5.41 Å². The molecule has 0 amide bonds. The maximum atomic E-state index is 6.34. The van der Waals surface area contributed by atoms with Crippen LogP contribution in [0.2, 0.25) is 10.0 Å². The quantitative estimate of drug-likeness (QED) is 0.602. The fourth-order valence-electron chi connectivity index (χ4n) is 4.37. The summed E-state index contributed by atoms with van der Waals surface area (Å²) in [6.45, 7) is 3.67. The third kappa shape index (κ3) is 3.92. The molecule has 2 fully saturated rings. The van der Waals surface area contributed by atoms with Crippen LogP contribution >= 0.6 is 23.2 Å². The Balaban J connectivity index is 1.20. The summed E-state index contributed by atoms with van der Waals surface area (Å²) < 4.78 is 6.24. The molecule has 1 saturated carbocycles. The van der Waals surface area contributed by atoms with E-state index in [-0.39, 0.29) is 6.10 Å². The number of nitrogens with zero attached hydrogens (tertiary/aromatic N) is 3. The Morgan fingerprint density at radius 3 is 2.83 bits per heavy atom. The number of rotatable bonds is 6. The van der Waals surface area contributed by atoms with Crippen LogP contribution in [0.15, 0.2) is 48.5 Å². The molecular formula is C22H22Cl2N4O. The Labute approximate surface area is 180 Å². The number of hydrogen-bond donors (Lipinski definition) is 1. The Kier molecular flexibility index (Phi) is 5.08. The molecule has 3 aromatic rings. The van der Waals surface area contributed by atoms with Crippen molar-refractivity contribution in [2.75, 3.05) is 13.1 Å². The Hall–Kier alpha value is -1.92. The van der Waals surface area contributed by atoms with E-state index < -0.39 is 0 Å². The van der Waals surface area contributed by atoms with Gasteiger partial charge in [0.25, 0.3) is 0 Å². The molecule has 1 aliphatic heterocycles. The molecular weight excluding hydrogens is 407 g/mol. The van der Waals surface area contributed by atoms with Crippen LogP contribution < -0.4 is 0 Å². The van der Waals surface area contributed by atoms with Crippen molar-refractivity contribution < 1.29 is 4.74 Å². The van der Waals surface area contributed by atoms with Crippen molar-refractivity contribution in [1.29, 1.82) is 0 Å². The lowest BCUT2D eigenvalue weighted by molar-refractivity contribution is 0.0755. The average Bonchev–Trinajstić information content (AvgIpc) is 3.02. The molecule has 1 spiro atoms. The molecule has 7 heteroatoms. The predicted molar refractivity (Wildman–Crippen MR) is 114 cm³/mol. The van der Waals surface area contributed by atoms with Gasteiger partial charge in [-0.2, -0.15) is 15.4 Å². The van der Waals surface area contributed by atoms with E-state index in [4.69, 9.17) is 27.9 Å². The highest BCUT2D eigenvalue weighted by atomic mass is 35.5. The minimum atomic E-state index is 0.286. The van der Waals surface area contributed by atoms with Crippen molar-refractivity contribution in [3.05, 3.63) is 69.8 Å². The molecule has 2 unspecified atom stereocenters. The van der Waals surface area contributed by atoms with Crippen molar-refractivity contribution in [1.82, 2.24) is 20.3 Å². The molecule has 2 atom stereocenters. The second-order valence-corrected chi connectivity index (χ2v) is 8.90. The lowest BCUT2D eigenvalue weighted by Gasteiger charge is -2.16. The molecule has 29 heavy (non-hydrogen) atoms. The van der Waals surface area contributed by atoms with Crippen molar-refractivity contribution in [3.63, 3.8) is 0 Å². The van der Waals surface area contributed by atoms with Crippen LogP contribution in [-0.4, -0.2) is 39.5 Å². The minimum absolute atomic E-state index is 0.286. The van der Waals surface area contributed by atoms with E-state index in [1.54, 1.807) is 12.1 Å². The summed E-state index contributed by atoms with van der Waals surface area (Å²) in [4.78, 5) is 2.54. The van der Waals surface area contributed by atoms with Crippen molar-refractivity contribution in [2.45, 2.75) is 32.1 Å². The highest BCUT2D eigenvalue weighted by Crippen LogP contribution is 2.55. The number of ether oxygens (including phenoxy) is 1. The standard InChI is InChI=1S/C22H22Cl2N4O/c23-16-6-7-17(18(24)10-16)21-19(25-27-26-21)13-29-20-11-22(20)8-9-28(14-22)12-15-4-2-1-3-5-15/h1-7,10,20H,8-9,11-14H2,(H,25,26,27). The summed E-state index contributed by atoms with van der Waals surface area (Å²) in [7, 11) is 0. The van der Waals surface area contributed by atoms with Crippen LogP contribution in [-0.2, 0) is 17.9 Å². The molecule has 5 nitrogen and oxygen atoms in total. The number of H-pyrrole nitrogens is 1. The molecule has 0 bridgehead atoms. The zero-order valence-corrected chi connectivity index (χ0v) is 17.5. The van der Waals surface area contributed by atoms with Gasteiger partial charge in [0, 0.05) is 29.1 Å². The van der Waals surface area contributed by atoms with E-state index in [1.165, 1.54) is 12.0 Å². The number of hydrogen-bond acceptors (Lipinski definition) is 4. The van der Waals surface area contributed by atoms with Crippen molar-refractivity contribution >= 4 is 23.2 Å². The lowest BCUT2D eigenvalue weighted by Crippen LogP contribution is -2.21. The maximum Gasteiger partial charge on any atom is 0.119 e. The van der Waals surface area contributed by atoms with Gasteiger partial charge in [0.2, 0.25) is 0 Å². The van der Waals surface area contributed by atoms with Gasteiger partial charge in [-0.15, -0.1) is 0 Å². The van der Waals surface area contributed by atoms with Crippen LogP contribution in [0.25, 0.3) is 11.3 Å². The molecule has 5 rings (SSSR count). The Bertz CT molecular complexity index is 1010. The maximum absolute atomic E-state index is 6.34. The summed E-state index contributed by atoms with van der Waals surface area (Å²) in [5.74, 6) is 0. The fraction of sp³-hybridized carbons (Fsp3) is 0.364. The van der Waals surface area contributed by atoms with Crippen LogP contribution in [0.4, 0.5) is 0 Å². The first-order chi connectivity index (χ1) is 14.1. The first kappa shape index (κ1) is 19.1. The minimum Gasteiger partial charge on any atom is -0.371 e. The molecule has 1 N–H and O–H groups in total. The number of halogens is 2. The first-order valence-corrected chi connectivity index (χ1v) is 10.6.